The molecular formula is C26H28N2O4. The van der Waals surface area contributed by atoms with Crippen molar-refractivity contribution in [2.24, 2.45) is 0 Å². The molecule has 1 aliphatic rings. The quantitative estimate of drug-likeness (QED) is 0.567. The third-order valence-corrected chi connectivity index (χ3v) is 6.23. The lowest BCUT2D eigenvalue weighted by Gasteiger charge is -2.41. The van der Waals surface area contributed by atoms with Crippen LogP contribution in [0.2, 0.25) is 0 Å². The molecule has 1 heterocycles. The maximum atomic E-state index is 14.1. The van der Waals surface area contributed by atoms with Gasteiger partial charge < -0.3 is 14.7 Å². The number of carboxylic acid groups (broad SMARTS) is 1. The third kappa shape index (κ3) is 3.55. The van der Waals surface area contributed by atoms with Gasteiger partial charge in [-0.3, -0.25) is 9.69 Å². The van der Waals surface area contributed by atoms with Crippen molar-refractivity contribution >= 4 is 34.1 Å². The summed E-state index contributed by atoms with van der Waals surface area (Å²) in [4.78, 5) is 29.4. The summed E-state index contributed by atoms with van der Waals surface area (Å²) in [5, 5.41) is 11.7. The second kappa shape index (κ2) is 8.54. The summed E-state index contributed by atoms with van der Waals surface area (Å²) in [7, 11) is 0. The molecule has 2 amide bonds. The van der Waals surface area contributed by atoms with Crippen molar-refractivity contribution in [3.8, 4) is 5.75 Å². The molecule has 166 valence electrons. The molecule has 0 bridgehead atoms. The number of aryl methyl sites for hydroxylation is 2. The van der Waals surface area contributed by atoms with E-state index in [4.69, 9.17) is 4.74 Å². The SMILES string of the molecule is CCOc1ccc2ccccc2c1C(=O)N1CC(CC)N(C(=O)O)c2cc(C)c(C)cc21. The van der Waals surface area contributed by atoms with Crippen LogP contribution < -0.4 is 14.5 Å². The molecule has 32 heavy (non-hydrogen) atoms. The molecule has 0 radical (unpaired) electrons. The van der Waals surface area contributed by atoms with E-state index in [0.717, 1.165) is 21.9 Å². The lowest BCUT2D eigenvalue weighted by molar-refractivity contribution is 0.0980. The highest BCUT2D eigenvalue weighted by Crippen LogP contribution is 2.41. The number of anilines is 2. The highest BCUT2D eigenvalue weighted by atomic mass is 16.5. The van der Waals surface area contributed by atoms with Crippen molar-refractivity contribution in [3.63, 3.8) is 0 Å². The van der Waals surface area contributed by atoms with Crippen molar-refractivity contribution in [2.75, 3.05) is 23.0 Å². The zero-order valence-electron chi connectivity index (χ0n) is 18.9. The van der Waals surface area contributed by atoms with E-state index >= 15 is 0 Å². The number of rotatable bonds is 4. The number of carbonyl (C=O) groups excluding carboxylic acids is 1. The van der Waals surface area contributed by atoms with E-state index < -0.39 is 6.09 Å². The summed E-state index contributed by atoms with van der Waals surface area (Å²) in [5.74, 6) is 0.355. The highest BCUT2D eigenvalue weighted by molar-refractivity contribution is 6.18. The van der Waals surface area contributed by atoms with E-state index in [1.807, 2.05) is 76.2 Å². The highest BCUT2D eigenvalue weighted by Gasteiger charge is 2.38. The van der Waals surface area contributed by atoms with Gasteiger partial charge in [-0.2, -0.15) is 0 Å². The second-order valence-corrected chi connectivity index (χ2v) is 8.15. The van der Waals surface area contributed by atoms with Crippen molar-refractivity contribution < 1.29 is 19.4 Å². The van der Waals surface area contributed by atoms with Gasteiger partial charge in [0.1, 0.15) is 5.75 Å². The number of hydrogen-bond acceptors (Lipinski definition) is 3. The number of hydrogen-bond donors (Lipinski definition) is 1. The predicted octanol–water partition coefficient (Wildman–Crippen LogP) is 5.78. The summed E-state index contributed by atoms with van der Waals surface area (Å²) in [6.07, 6.45) is -0.412. The first-order chi connectivity index (χ1) is 15.4. The Morgan fingerprint density at radius 3 is 2.38 bits per heavy atom. The summed E-state index contributed by atoms with van der Waals surface area (Å²) in [5.41, 5.74) is 3.66. The molecule has 4 rings (SSSR count). The molecule has 6 heteroatoms. The standard InChI is InChI=1S/C26H28N2O4/c1-5-19-15-27(21-13-16(3)17(4)14-22(21)28(19)26(30)31)25(29)24-20-10-8-7-9-18(20)11-12-23(24)32-6-2/h7-14,19H,5-6,15H2,1-4H3,(H,30,31). The van der Waals surface area contributed by atoms with Gasteiger partial charge in [0, 0.05) is 6.54 Å². The maximum Gasteiger partial charge on any atom is 0.412 e. The van der Waals surface area contributed by atoms with Gasteiger partial charge in [0.05, 0.1) is 29.6 Å². The van der Waals surface area contributed by atoms with E-state index in [1.54, 1.807) is 4.90 Å². The number of amides is 2. The van der Waals surface area contributed by atoms with Gasteiger partial charge in [-0.05, 0) is 67.3 Å². The van der Waals surface area contributed by atoms with Crippen LogP contribution in [0, 0.1) is 13.8 Å². The fraction of sp³-hybridized carbons (Fsp3) is 0.308. The van der Waals surface area contributed by atoms with Gasteiger partial charge in [0.15, 0.2) is 0 Å². The number of carbonyl (C=O) groups is 2. The Balaban J connectivity index is 1.93. The second-order valence-electron chi connectivity index (χ2n) is 8.15. The molecule has 3 aromatic carbocycles. The van der Waals surface area contributed by atoms with E-state index in [1.165, 1.54) is 4.90 Å². The van der Waals surface area contributed by atoms with Crippen LogP contribution in [-0.2, 0) is 0 Å². The normalized spacial score (nSPS) is 15.6. The van der Waals surface area contributed by atoms with Crippen molar-refractivity contribution in [3.05, 3.63) is 65.2 Å². The Morgan fingerprint density at radius 1 is 1.03 bits per heavy atom. The molecule has 0 fully saturated rings. The Labute approximate surface area is 188 Å². The molecular weight excluding hydrogens is 404 g/mol. The van der Waals surface area contributed by atoms with Crippen LogP contribution >= 0.6 is 0 Å². The smallest absolute Gasteiger partial charge is 0.412 e. The largest absolute Gasteiger partial charge is 0.493 e. The number of ether oxygens (including phenoxy) is 1. The minimum atomic E-state index is -1.01. The van der Waals surface area contributed by atoms with Gasteiger partial charge in [-0.1, -0.05) is 37.3 Å². The zero-order valence-corrected chi connectivity index (χ0v) is 18.9. The Bertz CT molecular complexity index is 1200. The summed E-state index contributed by atoms with van der Waals surface area (Å²) >= 11 is 0. The van der Waals surface area contributed by atoms with Crippen LogP contribution in [0.1, 0.15) is 41.8 Å². The molecule has 1 aliphatic heterocycles. The van der Waals surface area contributed by atoms with Gasteiger partial charge in [0.2, 0.25) is 0 Å². The van der Waals surface area contributed by atoms with Crippen LogP contribution in [0.5, 0.6) is 5.75 Å². The van der Waals surface area contributed by atoms with Crippen LogP contribution in [-0.4, -0.2) is 36.3 Å². The molecule has 0 aliphatic carbocycles. The van der Waals surface area contributed by atoms with Crippen LogP contribution in [0.4, 0.5) is 16.2 Å². The summed E-state index contributed by atoms with van der Waals surface area (Å²) in [6.45, 7) is 8.49. The van der Waals surface area contributed by atoms with Gasteiger partial charge in [0.25, 0.3) is 5.91 Å². The predicted molar refractivity (Wildman–Crippen MR) is 127 cm³/mol. The van der Waals surface area contributed by atoms with Crippen molar-refractivity contribution in [2.45, 2.75) is 40.2 Å². The van der Waals surface area contributed by atoms with Crippen LogP contribution in [0.15, 0.2) is 48.5 Å². The van der Waals surface area contributed by atoms with Gasteiger partial charge >= 0.3 is 6.09 Å². The van der Waals surface area contributed by atoms with Crippen LogP contribution in [0.3, 0.4) is 0 Å². The molecule has 3 aromatic rings. The number of nitrogens with zero attached hydrogens (tertiary/aromatic N) is 2. The molecule has 1 unspecified atom stereocenters. The molecule has 0 aromatic heterocycles. The fourth-order valence-corrected chi connectivity index (χ4v) is 4.43. The van der Waals surface area contributed by atoms with Gasteiger partial charge in [-0.15, -0.1) is 0 Å². The molecule has 6 nitrogen and oxygen atoms in total. The van der Waals surface area contributed by atoms with Crippen LogP contribution in [0.25, 0.3) is 10.8 Å². The lowest BCUT2D eigenvalue weighted by Crippen LogP contribution is -2.52. The monoisotopic (exact) mass is 432 g/mol. The van der Waals surface area contributed by atoms with E-state index in [9.17, 15) is 14.7 Å². The fourth-order valence-electron chi connectivity index (χ4n) is 4.43. The molecule has 0 spiro atoms. The molecule has 0 saturated carbocycles. The number of fused-ring (bicyclic) bond motifs is 2. The van der Waals surface area contributed by atoms with E-state index in [-0.39, 0.29) is 18.5 Å². The Hall–Kier alpha value is -3.54. The van der Waals surface area contributed by atoms with Gasteiger partial charge in [-0.25, -0.2) is 4.79 Å². The average Bonchev–Trinajstić information content (AvgIpc) is 2.78. The average molecular weight is 433 g/mol. The summed E-state index contributed by atoms with van der Waals surface area (Å²) < 4.78 is 5.85. The Kier molecular flexibility index (Phi) is 5.78. The molecule has 0 saturated heterocycles. The molecule has 1 atom stereocenters. The third-order valence-electron chi connectivity index (χ3n) is 6.23. The van der Waals surface area contributed by atoms with E-state index in [2.05, 4.69) is 0 Å². The zero-order chi connectivity index (χ0) is 23.0. The first kappa shape index (κ1) is 21.7. The topological polar surface area (TPSA) is 70.1 Å². The van der Waals surface area contributed by atoms with E-state index in [0.29, 0.717) is 35.7 Å². The van der Waals surface area contributed by atoms with Crippen molar-refractivity contribution in [1.82, 2.24) is 0 Å². The summed E-state index contributed by atoms with van der Waals surface area (Å²) in [6, 6.07) is 15.0. The minimum absolute atomic E-state index is 0.182. The maximum absolute atomic E-state index is 14.1. The van der Waals surface area contributed by atoms with Crippen molar-refractivity contribution in [1.29, 1.82) is 0 Å². The minimum Gasteiger partial charge on any atom is -0.493 e. The lowest BCUT2D eigenvalue weighted by atomic mass is 9.97. The first-order valence-electron chi connectivity index (χ1n) is 11.0. The Morgan fingerprint density at radius 2 is 1.72 bits per heavy atom. The first-order valence-corrected chi connectivity index (χ1v) is 11.0. The number of benzene rings is 3. The molecule has 1 N–H and O–H groups in total.